The first-order valence-corrected chi connectivity index (χ1v) is 7.64. The van der Waals surface area contributed by atoms with Gasteiger partial charge in [0.05, 0.1) is 0 Å². The summed E-state index contributed by atoms with van der Waals surface area (Å²) in [6.07, 6.45) is 0. The lowest BCUT2D eigenvalue weighted by atomic mass is 9.84. The second-order valence-corrected chi connectivity index (χ2v) is 7.13. The van der Waals surface area contributed by atoms with Gasteiger partial charge in [0.25, 0.3) is 5.91 Å². The van der Waals surface area contributed by atoms with Crippen LogP contribution in [0.25, 0.3) is 0 Å². The maximum atomic E-state index is 12.8. The van der Waals surface area contributed by atoms with Crippen LogP contribution in [-0.4, -0.2) is 36.0 Å². The first-order valence-electron chi connectivity index (χ1n) is 6.88. The van der Waals surface area contributed by atoms with E-state index >= 15 is 0 Å². The Morgan fingerprint density at radius 3 is 2.50 bits per heavy atom. The molecule has 2 fully saturated rings. The Balaban J connectivity index is 1.91. The van der Waals surface area contributed by atoms with Crippen LogP contribution in [0.5, 0.6) is 0 Å². The third-order valence-corrected chi connectivity index (χ3v) is 5.15. The van der Waals surface area contributed by atoms with Crippen molar-refractivity contribution < 1.29 is 4.79 Å². The predicted octanol–water partition coefficient (Wildman–Crippen LogP) is 3.06. The summed E-state index contributed by atoms with van der Waals surface area (Å²) in [5, 5.41) is 4.42. The molecular weight excluding hydrogens is 295 g/mol. The number of carbonyl (C=O) groups excluding carboxylic acids is 1. The molecule has 20 heavy (non-hydrogen) atoms. The Hall–Kier alpha value is -0.770. The molecule has 108 valence electrons. The second-order valence-electron chi connectivity index (χ2n) is 6.25. The van der Waals surface area contributed by atoms with Crippen molar-refractivity contribution in [2.75, 3.05) is 19.6 Å². The average molecular weight is 313 g/mol. The number of hydrogen-bond donors (Lipinski definition) is 1. The van der Waals surface area contributed by atoms with Crippen molar-refractivity contribution in [1.29, 1.82) is 0 Å². The zero-order valence-corrected chi connectivity index (χ0v) is 13.1. The number of benzene rings is 1. The molecule has 3 rings (SSSR count). The van der Waals surface area contributed by atoms with E-state index in [1.54, 1.807) is 18.2 Å². The second kappa shape index (κ2) is 4.90. The standard InChI is InChI=1S/C15H18Cl2N2O/c1-15(2)13-7-18-6-10(13)8-19(15)14(20)9-3-11(16)5-12(17)4-9/h3-5,10,13,18H,6-8H2,1-2H3. The lowest BCUT2D eigenvalue weighted by Crippen LogP contribution is -2.47. The van der Waals surface area contributed by atoms with Gasteiger partial charge in [-0.3, -0.25) is 4.79 Å². The summed E-state index contributed by atoms with van der Waals surface area (Å²) in [5.41, 5.74) is 0.434. The van der Waals surface area contributed by atoms with Crippen LogP contribution < -0.4 is 5.32 Å². The van der Waals surface area contributed by atoms with Gasteiger partial charge in [-0.1, -0.05) is 23.2 Å². The normalized spacial score (nSPS) is 27.7. The fourth-order valence-corrected chi connectivity index (χ4v) is 4.13. The van der Waals surface area contributed by atoms with Crippen molar-refractivity contribution >= 4 is 29.1 Å². The minimum atomic E-state index is -0.139. The van der Waals surface area contributed by atoms with Crippen LogP contribution in [0, 0.1) is 11.8 Å². The van der Waals surface area contributed by atoms with Gasteiger partial charge in [0.2, 0.25) is 0 Å². The fraction of sp³-hybridized carbons (Fsp3) is 0.533. The van der Waals surface area contributed by atoms with Crippen molar-refractivity contribution in [3.8, 4) is 0 Å². The summed E-state index contributed by atoms with van der Waals surface area (Å²) in [7, 11) is 0. The molecule has 2 saturated heterocycles. The molecule has 0 aliphatic carbocycles. The van der Waals surface area contributed by atoms with E-state index in [0.717, 1.165) is 19.6 Å². The Morgan fingerprint density at radius 1 is 1.25 bits per heavy atom. The van der Waals surface area contributed by atoms with Gasteiger partial charge in [-0.05, 0) is 43.9 Å². The van der Waals surface area contributed by atoms with E-state index < -0.39 is 0 Å². The fourth-order valence-electron chi connectivity index (χ4n) is 3.60. The maximum Gasteiger partial charge on any atom is 0.254 e. The highest BCUT2D eigenvalue weighted by molar-refractivity contribution is 6.35. The van der Waals surface area contributed by atoms with Gasteiger partial charge in [0.15, 0.2) is 0 Å². The molecule has 2 heterocycles. The summed E-state index contributed by atoms with van der Waals surface area (Å²) in [4.78, 5) is 14.8. The quantitative estimate of drug-likeness (QED) is 0.864. The monoisotopic (exact) mass is 312 g/mol. The first-order chi connectivity index (χ1) is 9.39. The maximum absolute atomic E-state index is 12.8. The number of nitrogens with one attached hydrogen (secondary N) is 1. The van der Waals surface area contributed by atoms with E-state index in [2.05, 4.69) is 19.2 Å². The molecule has 5 heteroatoms. The van der Waals surface area contributed by atoms with Crippen LogP contribution in [0.2, 0.25) is 10.0 Å². The van der Waals surface area contributed by atoms with Crippen LogP contribution in [0.15, 0.2) is 18.2 Å². The highest BCUT2D eigenvalue weighted by Gasteiger charge is 2.51. The van der Waals surface area contributed by atoms with Crippen LogP contribution >= 0.6 is 23.2 Å². The van der Waals surface area contributed by atoms with Crippen molar-refractivity contribution in [3.05, 3.63) is 33.8 Å². The van der Waals surface area contributed by atoms with Crippen LogP contribution in [0.4, 0.5) is 0 Å². The molecule has 1 aromatic carbocycles. The number of carbonyl (C=O) groups is 1. The first kappa shape index (κ1) is 14.2. The molecule has 0 saturated carbocycles. The predicted molar refractivity (Wildman–Crippen MR) is 81.4 cm³/mol. The van der Waals surface area contributed by atoms with E-state index in [4.69, 9.17) is 23.2 Å². The van der Waals surface area contributed by atoms with Crippen LogP contribution in [-0.2, 0) is 0 Å². The van der Waals surface area contributed by atoms with Gasteiger partial charge in [-0.2, -0.15) is 0 Å². The summed E-state index contributed by atoms with van der Waals surface area (Å²) >= 11 is 12.0. The number of amides is 1. The van der Waals surface area contributed by atoms with Gasteiger partial charge < -0.3 is 10.2 Å². The number of fused-ring (bicyclic) bond motifs is 1. The summed E-state index contributed by atoms with van der Waals surface area (Å²) in [6.45, 7) is 7.07. The molecular formula is C15H18Cl2N2O. The molecule has 2 aliphatic rings. The van der Waals surface area contributed by atoms with E-state index in [1.165, 1.54) is 0 Å². The third-order valence-electron chi connectivity index (χ3n) is 4.71. The van der Waals surface area contributed by atoms with Gasteiger partial charge in [0, 0.05) is 40.8 Å². The lowest BCUT2D eigenvalue weighted by molar-refractivity contribution is 0.0603. The molecule has 3 nitrogen and oxygen atoms in total. The minimum Gasteiger partial charge on any atom is -0.333 e. The smallest absolute Gasteiger partial charge is 0.254 e. The van der Waals surface area contributed by atoms with E-state index in [0.29, 0.717) is 27.4 Å². The summed E-state index contributed by atoms with van der Waals surface area (Å²) < 4.78 is 0. The van der Waals surface area contributed by atoms with Gasteiger partial charge in [0.1, 0.15) is 0 Å². The molecule has 0 spiro atoms. The molecule has 0 aromatic heterocycles. The summed E-state index contributed by atoms with van der Waals surface area (Å²) in [5.74, 6) is 1.08. The zero-order chi connectivity index (χ0) is 14.5. The lowest BCUT2D eigenvalue weighted by Gasteiger charge is -2.35. The Labute approximate surface area is 129 Å². The van der Waals surface area contributed by atoms with Crippen molar-refractivity contribution in [2.45, 2.75) is 19.4 Å². The average Bonchev–Trinajstić information content (AvgIpc) is 2.90. The highest BCUT2D eigenvalue weighted by atomic mass is 35.5. The van der Waals surface area contributed by atoms with Crippen LogP contribution in [0.1, 0.15) is 24.2 Å². The zero-order valence-electron chi connectivity index (χ0n) is 11.6. The van der Waals surface area contributed by atoms with Gasteiger partial charge in [-0.25, -0.2) is 0 Å². The van der Waals surface area contributed by atoms with Crippen LogP contribution in [0.3, 0.4) is 0 Å². The molecule has 0 bridgehead atoms. The molecule has 2 aliphatic heterocycles. The Bertz CT molecular complexity index is 539. The van der Waals surface area contributed by atoms with E-state index in [-0.39, 0.29) is 11.4 Å². The van der Waals surface area contributed by atoms with Gasteiger partial charge in [-0.15, -0.1) is 0 Å². The van der Waals surface area contributed by atoms with Gasteiger partial charge >= 0.3 is 0 Å². The molecule has 2 atom stereocenters. The SMILES string of the molecule is CC1(C)C2CNCC2CN1C(=O)c1cc(Cl)cc(Cl)c1. The number of nitrogens with zero attached hydrogens (tertiary/aromatic N) is 1. The van der Waals surface area contributed by atoms with Crippen molar-refractivity contribution in [3.63, 3.8) is 0 Å². The topological polar surface area (TPSA) is 32.3 Å². The Kier molecular flexibility index (Phi) is 3.47. The Morgan fingerprint density at radius 2 is 1.90 bits per heavy atom. The molecule has 1 amide bonds. The molecule has 2 unspecified atom stereocenters. The number of likely N-dealkylation sites (tertiary alicyclic amines) is 1. The minimum absolute atomic E-state index is 0.0220. The van der Waals surface area contributed by atoms with E-state index in [1.807, 2.05) is 4.90 Å². The largest absolute Gasteiger partial charge is 0.333 e. The number of rotatable bonds is 1. The summed E-state index contributed by atoms with van der Waals surface area (Å²) in [6, 6.07) is 5.03. The third kappa shape index (κ3) is 2.22. The molecule has 1 N–H and O–H groups in total. The molecule has 0 radical (unpaired) electrons. The number of hydrogen-bond acceptors (Lipinski definition) is 2. The van der Waals surface area contributed by atoms with E-state index in [9.17, 15) is 4.79 Å². The van der Waals surface area contributed by atoms with Crippen molar-refractivity contribution in [2.24, 2.45) is 11.8 Å². The highest BCUT2D eigenvalue weighted by Crippen LogP contribution is 2.41. The molecule has 1 aromatic rings. The van der Waals surface area contributed by atoms with Crippen molar-refractivity contribution in [1.82, 2.24) is 10.2 Å². The number of halogens is 2.